The predicted octanol–water partition coefficient (Wildman–Crippen LogP) is 3.05. The minimum absolute atomic E-state index is 0.393. The van der Waals surface area contributed by atoms with Crippen molar-refractivity contribution < 1.29 is 4.74 Å². The Kier molecular flexibility index (Phi) is 4.77. The van der Waals surface area contributed by atoms with Crippen molar-refractivity contribution in [2.45, 2.75) is 39.8 Å². The van der Waals surface area contributed by atoms with Crippen LogP contribution < -0.4 is 5.32 Å². The molecule has 2 atom stereocenters. The SMILES string of the molecule is COCC(C)NC(C)c1cc(C)sc1C. The van der Waals surface area contributed by atoms with Gasteiger partial charge < -0.3 is 10.1 Å². The van der Waals surface area contributed by atoms with Crippen molar-refractivity contribution in [2.75, 3.05) is 13.7 Å². The highest BCUT2D eigenvalue weighted by atomic mass is 32.1. The molecule has 2 nitrogen and oxygen atoms in total. The van der Waals surface area contributed by atoms with Gasteiger partial charge in [0.15, 0.2) is 0 Å². The Morgan fingerprint density at radius 1 is 1.40 bits per heavy atom. The predicted molar refractivity (Wildman–Crippen MR) is 66.7 cm³/mol. The Bertz CT molecular complexity index is 309. The van der Waals surface area contributed by atoms with Gasteiger partial charge in [0.1, 0.15) is 0 Å². The lowest BCUT2D eigenvalue weighted by Crippen LogP contribution is -2.32. The van der Waals surface area contributed by atoms with E-state index in [0.717, 1.165) is 6.61 Å². The minimum atomic E-state index is 0.393. The van der Waals surface area contributed by atoms with Crippen LogP contribution in [0.3, 0.4) is 0 Å². The summed E-state index contributed by atoms with van der Waals surface area (Å²) in [4.78, 5) is 2.80. The van der Waals surface area contributed by atoms with Crippen LogP contribution in [0.5, 0.6) is 0 Å². The summed E-state index contributed by atoms with van der Waals surface area (Å²) in [7, 11) is 1.74. The molecule has 0 saturated heterocycles. The molecule has 1 aromatic heterocycles. The van der Waals surface area contributed by atoms with E-state index in [-0.39, 0.29) is 0 Å². The van der Waals surface area contributed by atoms with E-state index in [2.05, 4.69) is 39.1 Å². The van der Waals surface area contributed by atoms with Gasteiger partial charge in [0.05, 0.1) is 6.61 Å². The molecular weight excluding hydrogens is 206 g/mol. The Morgan fingerprint density at radius 3 is 2.53 bits per heavy atom. The fourth-order valence-corrected chi connectivity index (χ4v) is 2.92. The van der Waals surface area contributed by atoms with Crippen LogP contribution in [-0.2, 0) is 4.74 Å². The molecule has 0 amide bonds. The number of ether oxygens (including phenoxy) is 1. The van der Waals surface area contributed by atoms with Gasteiger partial charge in [-0.3, -0.25) is 0 Å². The van der Waals surface area contributed by atoms with E-state index < -0.39 is 0 Å². The summed E-state index contributed by atoms with van der Waals surface area (Å²) in [6.07, 6.45) is 0. The maximum Gasteiger partial charge on any atom is 0.0613 e. The van der Waals surface area contributed by atoms with Crippen LogP contribution in [0.1, 0.15) is 35.2 Å². The van der Waals surface area contributed by atoms with Gasteiger partial charge in [-0.1, -0.05) is 0 Å². The summed E-state index contributed by atoms with van der Waals surface area (Å²) in [6.45, 7) is 9.46. The Hall–Kier alpha value is -0.380. The average Bonchev–Trinajstić information content (AvgIpc) is 2.45. The molecule has 86 valence electrons. The number of rotatable bonds is 5. The normalized spacial score (nSPS) is 15.3. The average molecular weight is 227 g/mol. The van der Waals surface area contributed by atoms with Crippen LogP contribution in [0.2, 0.25) is 0 Å². The second-order valence-electron chi connectivity index (χ2n) is 4.11. The molecule has 0 aromatic carbocycles. The lowest BCUT2D eigenvalue weighted by molar-refractivity contribution is 0.167. The number of hydrogen-bond donors (Lipinski definition) is 1. The first-order valence-corrected chi connectivity index (χ1v) is 6.18. The Balaban J connectivity index is 2.60. The fraction of sp³-hybridized carbons (Fsp3) is 0.667. The van der Waals surface area contributed by atoms with E-state index >= 15 is 0 Å². The van der Waals surface area contributed by atoms with Gasteiger partial charge in [0.25, 0.3) is 0 Å². The van der Waals surface area contributed by atoms with Crippen molar-refractivity contribution in [3.63, 3.8) is 0 Å². The zero-order chi connectivity index (χ0) is 11.4. The molecule has 1 aromatic rings. The Labute approximate surface area is 96.7 Å². The number of methoxy groups -OCH3 is 1. The van der Waals surface area contributed by atoms with Crippen LogP contribution in [-0.4, -0.2) is 19.8 Å². The van der Waals surface area contributed by atoms with Crippen molar-refractivity contribution in [3.8, 4) is 0 Å². The molecule has 0 aliphatic rings. The first-order chi connectivity index (χ1) is 7.04. The summed E-state index contributed by atoms with van der Waals surface area (Å²) in [5.41, 5.74) is 1.42. The third-order valence-electron chi connectivity index (χ3n) is 2.50. The number of aryl methyl sites for hydroxylation is 2. The molecule has 2 unspecified atom stereocenters. The van der Waals surface area contributed by atoms with Crippen LogP contribution in [0.25, 0.3) is 0 Å². The Morgan fingerprint density at radius 2 is 2.07 bits per heavy atom. The number of hydrogen-bond acceptors (Lipinski definition) is 3. The lowest BCUT2D eigenvalue weighted by Gasteiger charge is -2.19. The maximum absolute atomic E-state index is 5.12. The molecule has 0 radical (unpaired) electrons. The van der Waals surface area contributed by atoms with Crippen molar-refractivity contribution in [1.82, 2.24) is 5.32 Å². The molecule has 1 N–H and O–H groups in total. The van der Waals surface area contributed by atoms with Gasteiger partial charge in [-0.25, -0.2) is 0 Å². The van der Waals surface area contributed by atoms with E-state index in [9.17, 15) is 0 Å². The number of nitrogens with one attached hydrogen (secondary N) is 1. The van der Waals surface area contributed by atoms with Crippen molar-refractivity contribution in [2.24, 2.45) is 0 Å². The highest BCUT2D eigenvalue weighted by Gasteiger charge is 2.13. The standard InChI is InChI=1S/C12H21NOS/c1-8(7-14-5)13-10(3)12-6-9(2)15-11(12)4/h6,8,10,13H,7H2,1-5H3. The van der Waals surface area contributed by atoms with Gasteiger partial charge in [-0.15, -0.1) is 11.3 Å². The fourth-order valence-electron chi connectivity index (χ4n) is 1.90. The molecule has 3 heteroatoms. The summed E-state index contributed by atoms with van der Waals surface area (Å²) in [5, 5.41) is 3.53. The van der Waals surface area contributed by atoms with Crippen molar-refractivity contribution >= 4 is 11.3 Å². The van der Waals surface area contributed by atoms with Gasteiger partial charge in [-0.2, -0.15) is 0 Å². The maximum atomic E-state index is 5.12. The first-order valence-electron chi connectivity index (χ1n) is 5.36. The van der Waals surface area contributed by atoms with Gasteiger partial charge in [-0.05, 0) is 39.3 Å². The smallest absolute Gasteiger partial charge is 0.0613 e. The summed E-state index contributed by atoms with van der Waals surface area (Å²) >= 11 is 1.87. The van der Waals surface area contributed by atoms with Crippen LogP contribution >= 0.6 is 11.3 Å². The molecule has 0 spiro atoms. The molecule has 0 fully saturated rings. The summed E-state index contributed by atoms with van der Waals surface area (Å²) in [6, 6.07) is 3.07. The van der Waals surface area contributed by atoms with E-state index in [1.165, 1.54) is 15.3 Å². The zero-order valence-electron chi connectivity index (χ0n) is 10.3. The molecule has 15 heavy (non-hydrogen) atoms. The van der Waals surface area contributed by atoms with E-state index in [0.29, 0.717) is 12.1 Å². The second-order valence-corrected chi connectivity index (χ2v) is 5.57. The van der Waals surface area contributed by atoms with Crippen LogP contribution in [0.15, 0.2) is 6.07 Å². The van der Waals surface area contributed by atoms with Gasteiger partial charge in [0, 0.05) is 28.9 Å². The van der Waals surface area contributed by atoms with Gasteiger partial charge >= 0.3 is 0 Å². The molecule has 1 rings (SSSR count). The minimum Gasteiger partial charge on any atom is -0.383 e. The molecule has 1 heterocycles. The van der Waals surface area contributed by atoms with E-state index in [4.69, 9.17) is 4.74 Å². The molecule has 0 aliphatic heterocycles. The highest BCUT2D eigenvalue weighted by molar-refractivity contribution is 7.12. The van der Waals surface area contributed by atoms with E-state index in [1.807, 2.05) is 11.3 Å². The van der Waals surface area contributed by atoms with Crippen molar-refractivity contribution in [1.29, 1.82) is 0 Å². The van der Waals surface area contributed by atoms with Gasteiger partial charge in [0.2, 0.25) is 0 Å². The van der Waals surface area contributed by atoms with E-state index in [1.54, 1.807) is 7.11 Å². The summed E-state index contributed by atoms with van der Waals surface area (Å²) in [5.74, 6) is 0. The third-order valence-corrected chi connectivity index (χ3v) is 3.48. The summed E-state index contributed by atoms with van der Waals surface area (Å²) < 4.78 is 5.12. The van der Waals surface area contributed by atoms with Crippen LogP contribution in [0, 0.1) is 13.8 Å². The van der Waals surface area contributed by atoms with Crippen LogP contribution in [0.4, 0.5) is 0 Å². The second kappa shape index (κ2) is 5.64. The quantitative estimate of drug-likeness (QED) is 0.835. The largest absolute Gasteiger partial charge is 0.383 e. The highest BCUT2D eigenvalue weighted by Crippen LogP contribution is 2.26. The third kappa shape index (κ3) is 3.59. The molecule has 0 bridgehead atoms. The molecular formula is C12H21NOS. The lowest BCUT2D eigenvalue weighted by atomic mass is 10.1. The first kappa shape index (κ1) is 12.7. The monoisotopic (exact) mass is 227 g/mol. The topological polar surface area (TPSA) is 21.3 Å². The molecule has 0 aliphatic carbocycles. The zero-order valence-corrected chi connectivity index (χ0v) is 11.1. The van der Waals surface area contributed by atoms with Crippen molar-refractivity contribution in [3.05, 3.63) is 21.4 Å². The number of thiophene rings is 1. The molecule has 0 saturated carbocycles.